The Morgan fingerprint density at radius 1 is 0.720 bits per heavy atom. The number of nitrogens with zero attached hydrogens (tertiary/aromatic N) is 1. The molecule has 3 aromatic carbocycles. The zero-order chi connectivity index (χ0) is 17.2. The first-order valence-electron chi connectivity index (χ1n) is 7.96. The highest BCUT2D eigenvalue weighted by molar-refractivity contribution is 9.10. The summed E-state index contributed by atoms with van der Waals surface area (Å²) in [5.74, 6) is 0. The number of hydrogen-bond donors (Lipinski definition) is 1. The molecule has 122 valence electrons. The molecule has 1 heterocycles. The Bertz CT molecular complexity index is 1070. The summed E-state index contributed by atoms with van der Waals surface area (Å²) in [4.78, 5) is 13.2. The van der Waals surface area contributed by atoms with Crippen molar-refractivity contribution in [2.45, 2.75) is 0 Å². The highest BCUT2D eigenvalue weighted by Gasteiger charge is 2.19. The molecular formula is C21H15BrN2O. The Labute approximate surface area is 153 Å². The van der Waals surface area contributed by atoms with Crippen molar-refractivity contribution in [2.75, 3.05) is 0 Å². The molecule has 4 aromatic rings. The Balaban J connectivity index is 2.03. The van der Waals surface area contributed by atoms with E-state index in [2.05, 4.69) is 21.0 Å². The molecule has 0 fully saturated rings. The van der Waals surface area contributed by atoms with Crippen molar-refractivity contribution in [1.82, 2.24) is 9.78 Å². The van der Waals surface area contributed by atoms with Crippen LogP contribution in [-0.2, 0) is 0 Å². The summed E-state index contributed by atoms with van der Waals surface area (Å²) >= 11 is 3.53. The Kier molecular flexibility index (Phi) is 4.12. The van der Waals surface area contributed by atoms with Crippen LogP contribution in [0.15, 0.2) is 94.2 Å². The van der Waals surface area contributed by atoms with Crippen LogP contribution in [0.4, 0.5) is 0 Å². The molecule has 0 atom stereocenters. The van der Waals surface area contributed by atoms with Gasteiger partial charge in [-0.1, -0.05) is 72.8 Å². The lowest BCUT2D eigenvalue weighted by atomic mass is 10.0. The van der Waals surface area contributed by atoms with E-state index in [-0.39, 0.29) is 5.56 Å². The minimum absolute atomic E-state index is 0.0723. The molecule has 4 heteroatoms. The van der Waals surface area contributed by atoms with Crippen molar-refractivity contribution in [3.8, 4) is 28.1 Å². The van der Waals surface area contributed by atoms with Crippen LogP contribution in [0, 0.1) is 0 Å². The van der Waals surface area contributed by atoms with Gasteiger partial charge in [-0.25, -0.2) is 4.68 Å². The maximum Gasteiger partial charge on any atom is 0.279 e. The van der Waals surface area contributed by atoms with E-state index < -0.39 is 0 Å². The SMILES string of the molecule is O=c1c(-c2ccccc2)c(-c2ccccc2)[nH]n1-c1ccccc1Br. The fourth-order valence-electron chi connectivity index (χ4n) is 2.93. The fourth-order valence-corrected chi connectivity index (χ4v) is 3.39. The Morgan fingerprint density at radius 2 is 1.28 bits per heavy atom. The monoisotopic (exact) mass is 390 g/mol. The third-order valence-electron chi connectivity index (χ3n) is 4.11. The van der Waals surface area contributed by atoms with E-state index in [1.165, 1.54) is 0 Å². The quantitative estimate of drug-likeness (QED) is 0.508. The lowest BCUT2D eigenvalue weighted by molar-refractivity contribution is 0.849. The van der Waals surface area contributed by atoms with Crippen LogP contribution in [0.3, 0.4) is 0 Å². The number of aromatic nitrogens is 2. The molecule has 0 bridgehead atoms. The summed E-state index contributed by atoms with van der Waals surface area (Å²) in [6.07, 6.45) is 0. The van der Waals surface area contributed by atoms with Crippen molar-refractivity contribution in [3.05, 3.63) is 99.8 Å². The molecular weight excluding hydrogens is 376 g/mol. The smallest absolute Gasteiger partial charge is 0.279 e. The van der Waals surface area contributed by atoms with Crippen molar-refractivity contribution < 1.29 is 0 Å². The molecule has 1 aromatic heterocycles. The average molecular weight is 391 g/mol. The molecule has 0 spiro atoms. The van der Waals surface area contributed by atoms with Gasteiger partial charge in [-0.3, -0.25) is 9.89 Å². The second-order valence-corrected chi connectivity index (χ2v) is 6.54. The van der Waals surface area contributed by atoms with Gasteiger partial charge in [-0.2, -0.15) is 0 Å². The minimum Gasteiger partial charge on any atom is -0.290 e. The van der Waals surface area contributed by atoms with Crippen molar-refractivity contribution >= 4 is 15.9 Å². The van der Waals surface area contributed by atoms with E-state index in [4.69, 9.17) is 0 Å². The largest absolute Gasteiger partial charge is 0.290 e. The number of halogens is 1. The van der Waals surface area contributed by atoms with Gasteiger partial charge >= 0.3 is 0 Å². The van der Waals surface area contributed by atoms with Gasteiger partial charge in [-0.05, 0) is 33.6 Å². The third kappa shape index (κ3) is 2.85. The predicted octanol–water partition coefficient (Wildman–Crippen LogP) is 5.26. The molecule has 3 nitrogen and oxygen atoms in total. The summed E-state index contributed by atoms with van der Waals surface area (Å²) in [7, 11) is 0. The summed E-state index contributed by atoms with van der Waals surface area (Å²) in [5.41, 5.74) is 4.07. The van der Waals surface area contributed by atoms with Crippen molar-refractivity contribution in [2.24, 2.45) is 0 Å². The Morgan fingerprint density at radius 3 is 1.92 bits per heavy atom. The van der Waals surface area contributed by atoms with E-state index >= 15 is 0 Å². The highest BCUT2D eigenvalue weighted by Crippen LogP contribution is 2.29. The topological polar surface area (TPSA) is 37.8 Å². The van der Waals surface area contributed by atoms with E-state index in [1.807, 2.05) is 84.9 Å². The molecule has 0 unspecified atom stereocenters. The normalized spacial score (nSPS) is 10.8. The first-order chi connectivity index (χ1) is 12.3. The van der Waals surface area contributed by atoms with Crippen LogP contribution in [0.5, 0.6) is 0 Å². The lowest BCUT2D eigenvalue weighted by Gasteiger charge is -2.04. The maximum atomic E-state index is 13.2. The molecule has 0 amide bonds. The van der Waals surface area contributed by atoms with E-state index in [0.717, 1.165) is 27.0 Å². The molecule has 25 heavy (non-hydrogen) atoms. The number of hydrogen-bond acceptors (Lipinski definition) is 1. The first kappa shape index (κ1) is 15.7. The summed E-state index contributed by atoms with van der Waals surface area (Å²) < 4.78 is 2.45. The van der Waals surface area contributed by atoms with E-state index in [9.17, 15) is 4.79 Å². The van der Waals surface area contributed by atoms with Gasteiger partial charge in [0.15, 0.2) is 0 Å². The minimum atomic E-state index is -0.0723. The summed E-state index contributed by atoms with van der Waals surface area (Å²) in [6.45, 7) is 0. The molecule has 0 aliphatic heterocycles. The third-order valence-corrected chi connectivity index (χ3v) is 4.78. The molecule has 0 aliphatic rings. The number of aromatic amines is 1. The average Bonchev–Trinajstić information content (AvgIpc) is 3.01. The number of benzene rings is 3. The number of H-pyrrole nitrogens is 1. The first-order valence-corrected chi connectivity index (χ1v) is 8.76. The zero-order valence-corrected chi connectivity index (χ0v) is 14.9. The van der Waals surface area contributed by atoms with Crippen LogP contribution in [0.2, 0.25) is 0 Å². The van der Waals surface area contributed by atoms with Crippen LogP contribution >= 0.6 is 15.9 Å². The standard InChI is InChI=1S/C21H15BrN2O/c22-17-13-7-8-14-18(17)24-21(25)19(15-9-3-1-4-10-15)20(23-24)16-11-5-2-6-12-16/h1-14,23H. The molecule has 4 rings (SSSR count). The molecule has 0 radical (unpaired) electrons. The van der Waals surface area contributed by atoms with Crippen LogP contribution < -0.4 is 5.56 Å². The van der Waals surface area contributed by atoms with Crippen molar-refractivity contribution in [1.29, 1.82) is 0 Å². The van der Waals surface area contributed by atoms with Gasteiger partial charge in [0.2, 0.25) is 0 Å². The molecule has 0 aliphatic carbocycles. The maximum absolute atomic E-state index is 13.2. The summed E-state index contributed by atoms with van der Waals surface area (Å²) in [5, 5.41) is 3.30. The van der Waals surface area contributed by atoms with Gasteiger partial charge in [0.05, 0.1) is 16.9 Å². The van der Waals surface area contributed by atoms with E-state index in [0.29, 0.717) is 5.56 Å². The van der Waals surface area contributed by atoms with Crippen LogP contribution in [0.1, 0.15) is 0 Å². The number of rotatable bonds is 3. The zero-order valence-electron chi connectivity index (χ0n) is 13.3. The highest BCUT2D eigenvalue weighted by atomic mass is 79.9. The Hall–Kier alpha value is -2.85. The van der Waals surface area contributed by atoms with Gasteiger partial charge in [-0.15, -0.1) is 0 Å². The lowest BCUT2D eigenvalue weighted by Crippen LogP contribution is -2.16. The van der Waals surface area contributed by atoms with Crippen LogP contribution in [-0.4, -0.2) is 9.78 Å². The molecule has 0 saturated heterocycles. The van der Waals surface area contributed by atoms with E-state index in [1.54, 1.807) is 4.68 Å². The summed E-state index contributed by atoms with van der Waals surface area (Å²) in [6, 6.07) is 27.3. The number of nitrogens with one attached hydrogen (secondary N) is 1. The van der Waals surface area contributed by atoms with Gasteiger partial charge in [0, 0.05) is 10.0 Å². The predicted molar refractivity (Wildman–Crippen MR) is 105 cm³/mol. The van der Waals surface area contributed by atoms with Gasteiger partial charge < -0.3 is 0 Å². The van der Waals surface area contributed by atoms with Gasteiger partial charge in [0.1, 0.15) is 0 Å². The molecule has 0 saturated carbocycles. The van der Waals surface area contributed by atoms with Gasteiger partial charge in [0.25, 0.3) is 5.56 Å². The van der Waals surface area contributed by atoms with Crippen molar-refractivity contribution in [3.63, 3.8) is 0 Å². The second-order valence-electron chi connectivity index (χ2n) is 5.69. The number of para-hydroxylation sites is 1. The second kappa shape index (κ2) is 6.57. The van der Waals surface area contributed by atoms with Crippen LogP contribution in [0.25, 0.3) is 28.1 Å². The molecule has 1 N–H and O–H groups in total. The fraction of sp³-hybridized carbons (Fsp3) is 0.